The van der Waals surface area contributed by atoms with Gasteiger partial charge in [-0.2, -0.15) is 0 Å². The molecule has 1 aliphatic rings. The first-order valence-corrected chi connectivity index (χ1v) is 6.44. The molecule has 19 heavy (non-hydrogen) atoms. The van der Waals surface area contributed by atoms with E-state index >= 15 is 0 Å². The number of hydrogen-bond donors (Lipinski definition) is 1. The highest BCUT2D eigenvalue weighted by molar-refractivity contribution is 5.92. The molecule has 1 aromatic carbocycles. The third-order valence-electron chi connectivity index (χ3n) is 3.69. The van der Waals surface area contributed by atoms with E-state index in [2.05, 4.69) is 4.98 Å². The fraction of sp³-hybridized carbons (Fsp3) is 0.429. The van der Waals surface area contributed by atoms with E-state index in [1.54, 1.807) is 12.1 Å². The highest BCUT2D eigenvalue weighted by Gasteiger charge is 2.22. The number of rotatable bonds is 2. The summed E-state index contributed by atoms with van der Waals surface area (Å²) in [6, 6.07) is 5.07. The van der Waals surface area contributed by atoms with Crippen molar-refractivity contribution in [3.05, 3.63) is 29.6 Å². The van der Waals surface area contributed by atoms with E-state index in [9.17, 15) is 4.79 Å². The summed E-state index contributed by atoms with van der Waals surface area (Å²) in [6.07, 6.45) is 2.12. The number of ether oxygens (including phenoxy) is 1. The number of imidazole rings is 1. The number of fused-ring (bicyclic) bond motifs is 1. The normalized spacial score (nSPS) is 19.7. The van der Waals surface area contributed by atoms with Crippen molar-refractivity contribution in [1.29, 1.82) is 0 Å². The van der Waals surface area contributed by atoms with Crippen LogP contribution in [-0.4, -0.2) is 33.8 Å². The Bertz CT molecular complexity index is 627. The Morgan fingerprint density at radius 3 is 3.05 bits per heavy atom. The number of nitrogens with zero attached hydrogens (tertiary/aromatic N) is 2. The monoisotopic (exact) mass is 260 g/mol. The smallest absolute Gasteiger partial charge is 0.335 e. The van der Waals surface area contributed by atoms with Crippen molar-refractivity contribution in [1.82, 2.24) is 9.55 Å². The van der Waals surface area contributed by atoms with Crippen LogP contribution in [0.25, 0.3) is 11.0 Å². The molecule has 1 fully saturated rings. The summed E-state index contributed by atoms with van der Waals surface area (Å²) in [6.45, 7) is 1.52. The lowest BCUT2D eigenvalue weighted by Gasteiger charge is -2.21. The van der Waals surface area contributed by atoms with Gasteiger partial charge in [-0.1, -0.05) is 0 Å². The third-order valence-corrected chi connectivity index (χ3v) is 3.69. The maximum atomic E-state index is 11.0. The van der Waals surface area contributed by atoms with Gasteiger partial charge in [-0.05, 0) is 31.0 Å². The first kappa shape index (κ1) is 12.2. The minimum Gasteiger partial charge on any atom is -0.478 e. The first-order valence-electron chi connectivity index (χ1n) is 6.44. The lowest BCUT2D eigenvalue weighted by molar-refractivity contribution is 0.0697. The molecular weight excluding hydrogens is 244 g/mol. The van der Waals surface area contributed by atoms with E-state index in [-0.39, 0.29) is 5.56 Å². The maximum Gasteiger partial charge on any atom is 0.335 e. The van der Waals surface area contributed by atoms with E-state index in [1.807, 2.05) is 17.7 Å². The second kappa shape index (κ2) is 4.66. The summed E-state index contributed by atoms with van der Waals surface area (Å²) in [4.78, 5) is 15.6. The lowest BCUT2D eigenvalue weighted by atomic mass is 10.0. The molecule has 0 bridgehead atoms. The van der Waals surface area contributed by atoms with Crippen LogP contribution in [0.15, 0.2) is 18.2 Å². The predicted octanol–water partition coefficient (Wildman–Crippen LogP) is 2.17. The van der Waals surface area contributed by atoms with Crippen molar-refractivity contribution in [2.24, 2.45) is 7.05 Å². The largest absolute Gasteiger partial charge is 0.478 e. The molecule has 0 radical (unpaired) electrons. The molecule has 0 spiro atoms. The lowest BCUT2D eigenvalue weighted by Crippen LogP contribution is -2.18. The molecule has 100 valence electrons. The van der Waals surface area contributed by atoms with Crippen LogP contribution < -0.4 is 0 Å². The second-order valence-corrected chi connectivity index (χ2v) is 4.95. The van der Waals surface area contributed by atoms with E-state index < -0.39 is 5.97 Å². The van der Waals surface area contributed by atoms with Gasteiger partial charge in [0.2, 0.25) is 0 Å². The standard InChI is InChI=1S/C14H16N2O3/c1-16-12-5-4-9(14(17)18)7-11(12)15-13(16)10-3-2-6-19-8-10/h4-5,7,10H,2-3,6,8H2,1H3,(H,17,18). The van der Waals surface area contributed by atoms with Gasteiger partial charge in [0.15, 0.2) is 0 Å². The topological polar surface area (TPSA) is 64.4 Å². The zero-order valence-electron chi connectivity index (χ0n) is 10.8. The van der Waals surface area contributed by atoms with Crippen LogP contribution in [0.2, 0.25) is 0 Å². The van der Waals surface area contributed by atoms with Crippen molar-refractivity contribution in [2.45, 2.75) is 18.8 Å². The predicted molar refractivity (Wildman–Crippen MR) is 70.5 cm³/mol. The van der Waals surface area contributed by atoms with E-state index in [4.69, 9.17) is 9.84 Å². The summed E-state index contributed by atoms with van der Waals surface area (Å²) in [5.41, 5.74) is 1.98. The van der Waals surface area contributed by atoms with E-state index in [0.29, 0.717) is 12.5 Å². The van der Waals surface area contributed by atoms with Gasteiger partial charge in [-0.25, -0.2) is 9.78 Å². The molecule has 2 heterocycles. The SMILES string of the molecule is Cn1c(C2CCCOC2)nc2cc(C(=O)O)ccc21. The van der Waals surface area contributed by atoms with Crippen molar-refractivity contribution in [2.75, 3.05) is 13.2 Å². The molecule has 1 N–H and O–H groups in total. The zero-order chi connectivity index (χ0) is 13.4. The number of aromatic carboxylic acids is 1. The molecule has 3 rings (SSSR count). The molecule has 1 aromatic heterocycles. The Morgan fingerprint density at radius 2 is 2.37 bits per heavy atom. The summed E-state index contributed by atoms with van der Waals surface area (Å²) in [5.74, 6) is 0.367. The molecular formula is C14H16N2O3. The average molecular weight is 260 g/mol. The Morgan fingerprint density at radius 1 is 1.53 bits per heavy atom. The van der Waals surface area contributed by atoms with Crippen LogP contribution in [0.5, 0.6) is 0 Å². The van der Waals surface area contributed by atoms with Crippen molar-refractivity contribution in [3.63, 3.8) is 0 Å². The molecule has 0 amide bonds. The number of carboxylic acids is 1. The van der Waals surface area contributed by atoms with Gasteiger partial charge >= 0.3 is 5.97 Å². The van der Waals surface area contributed by atoms with Crippen molar-refractivity contribution < 1.29 is 14.6 Å². The fourth-order valence-electron chi connectivity index (χ4n) is 2.66. The summed E-state index contributed by atoms with van der Waals surface area (Å²) < 4.78 is 7.54. The Hall–Kier alpha value is -1.88. The average Bonchev–Trinajstić information content (AvgIpc) is 2.76. The molecule has 1 aliphatic heterocycles. The Kier molecular flexibility index (Phi) is 2.98. The van der Waals surface area contributed by atoms with Gasteiger partial charge in [0.25, 0.3) is 0 Å². The Balaban J connectivity index is 2.06. The van der Waals surface area contributed by atoms with Crippen LogP contribution in [0, 0.1) is 0 Å². The molecule has 2 aromatic rings. The van der Waals surface area contributed by atoms with Gasteiger partial charge in [0.1, 0.15) is 5.82 Å². The molecule has 0 saturated carbocycles. The number of aromatic nitrogens is 2. The third kappa shape index (κ3) is 2.10. The van der Waals surface area contributed by atoms with Crippen molar-refractivity contribution in [3.8, 4) is 0 Å². The number of carbonyl (C=O) groups is 1. The summed E-state index contributed by atoms with van der Waals surface area (Å²) in [5, 5.41) is 9.01. The first-order chi connectivity index (χ1) is 9.16. The van der Waals surface area contributed by atoms with Crippen LogP contribution in [-0.2, 0) is 11.8 Å². The Labute approximate surface area is 110 Å². The van der Waals surface area contributed by atoms with Crippen LogP contribution in [0.1, 0.15) is 34.9 Å². The molecule has 0 aliphatic carbocycles. The molecule has 1 saturated heterocycles. The second-order valence-electron chi connectivity index (χ2n) is 4.95. The summed E-state index contributed by atoms with van der Waals surface area (Å²) in [7, 11) is 1.97. The molecule has 1 unspecified atom stereocenters. The van der Waals surface area contributed by atoms with Crippen LogP contribution >= 0.6 is 0 Å². The van der Waals surface area contributed by atoms with Crippen LogP contribution in [0.3, 0.4) is 0 Å². The minimum atomic E-state index is -0.921. The van der Waals surface area contributed by atoms with Gasteiger partial charge in [-0.15, -0.1) is 0 Å². The quantitative estimate of drug-likeness (QED) is 0.898. The van der Waals surface area contributed by atoms with E-state index in [1.165, 1.54) is 0 Å². The number of hydrogen-bond acceptors (Lipinski definition) is 3. The number of benzene rings is 1. The highest BCUT2D eigenvalue weighted by Crippen LogP contribution is 2.27. The molecule has 1 atom stereocenters. The van der Waals surface area contributed by atoms with Gasteiger partial charge < -0.3 is 14.4 Å². The number of carboxylic acid groups (broad SMARTS) is 1. The molecule has 5 nitrogen and oxygen atoms in total. The summed E-state index contributed by atoms with van der Waals surface area (Å²) >= 11 is 0. The van der Waals surface area contributed by atoms with Crippen molar-refractivity contribution >= 4 is 17.0 Å². The van der Waals surface area contributed by atoms with Gasteiger partial charge in [0.05, 0.1) is 23.2 Å². The zero-order valence-corrected chi connectivity index (χ0v) is 10.8. The maximum absolute atomic E-state index is 11.0. The van der Waals surface area contributed by atoms with Gasteiger partial charge in [0, 0.05) is 19.6 Å². The minimum absolute atomic E-state index is 0.275. The van der Waals surface area contributed by atoms with Gasteiger partial charge in [-0.3, -0.25) is 0 Å². The highest BCUT2D eigenvalue weighted by atomic mass is 16.5. The number of aryl methyl sites for hydroxylation is 1. The van der Waals surface area contributed by atoms with E-state index in [0.717, 1.165) is 36.3 Å². The molecule has 5 heteroatoms. The fourth-order valence-corrected chi connectivity index (χ4v) is 2.66. The van der Waals surface area contributed by atoms with Crippen LogP contribution in [0.4, 0.5) is 0 Å².